The smallest absolute Gasteiger partial charge is 0.144 e. The molecule has 0 radical (unpaired) electrons. The summed E-state index contributed by atoms with van der Waals surface area (Å²) in [7, 11) is 1.80. The summed E-state index contributed by atoms with van der Waals surface area (Å²) in [6.45, 7) is 0.416. The zero-order chi connectivity index (χ0) is 9.68. The molecule has 0 atom stereocenters. The van der Waals surface area contributed by atoms with Crippen LogP contribution in [0.5, 0.6) is 0 Å². The second-order valence-corrected chi connectivity index (χ2v) is 2.54. The minimum absolute atomic E-state index is 0.0258. The fourth-order valence-electron chi connectivity index (χ4n) is 1.05. The van der Waals surface area contributed by atoms with Crippen molar-refractivity contribution in [2.24, 2.45) is 0 Å². The third-order valence-corrected chi connectivity index (χ3v) is 1.68. The average Bonchev–Trinajstić information content (AvgIpc) is 2.61. The Bertz CT molecular complexity index is 281. The summed E-state index contributed by atoms with van der Waals surface area (Å²) in [5.41, 5.74) is 1.58. The lowest BCUT2D eigenvalue weighted by molar-refractivity contribution is 0.300. The topological polar surface area (TPSA) is 83.9 Å². The normalized spacial score (nSPS) is 9.69. The number of nitrogens with one attached hydrogen (secondary N) is 4. The lowest BCUT2D eigenvalue weighted by atomic mass is 10.3. The van der Waals surface area contributed by atoms with Crippen LogP contribution >= 0.6 is 0 Å². The molecule has 72 valence electrons. The molecule has 0 bridgehead atoms. The van der Waals surface area contributed by atoms with Crippen molar-refractivity contribution < 1.29 is 5.11 Å². The summed E-state index contributed by atoms with van der Waals surface area (Å²) >= 11 is 0. The molecule has 13 heavy (non-hydrogen) atoms. The summed E-state index contributed by atoms with van der Waals surface area (Å²) in [6.07, 6.45) is 1.76. The van der Waals surface area contributed by atoms with Crippen molar-refractivity contribution >= 4 is 11.5 Å². The molecule has 0 aliphatic rings. The van der Waals surface area contributed by atoms with E-state index in [9.17, 15) is 0 Å². The van der Waals surface area contributed by atoms with E-state index in [1.807, 2.05) is 6.07 Å². The third-order valence-electron chi connectivity index (χ3n) is 1.68. The molecule has 0 unspecified atom stereocenters. The highest BCUT2D eigenvalue weighted by molar-refractivity contribution is 5.99. The lowest BCUT2D eigenvalue weighted by Crippen LogP contribution is -2.27. The van der Waals surface area contributed by atoms with Gasteiger partial charge in [-0.3, -0.25) is 5.41 Å². The van der Waals surface area contributed by atoms with E-state index in [4.69, 9.17) is 10.5 Å². The molecule has 0 saturated carbocycles. The molecular weight excluding hydrogens is 168 g/mol. The van der Waals surface area contributed by atoms with Gasteiger partial charge < -0.3 is 20.7 Å². The average molecular weight is 182 g/mol. The lowest BCUT2D eigenvalue weighted by Gasteiger charge is -2.06. The van der Waals surface area contributed by atoms with Gasteiger partial charge in [-0.2, -0.15) is 0 Å². The summed E-state index contributed by atoms with van der Waals surface area (Å²) in [5.74, 6) is 0.281. The first-order valence-corrected chi connectivity index (χ1v) is 4.08. The Labute approximate surface area is 76.7 Å². The van der Waals surface area contributed by atoms with Crippen molar-refractivity contribution in [2.45, 2.75) is 0 Å². The van der Waals surface area contributed by atoms with E-state index >= 15 is 0 Å². The number of hydrogen-bond donors (Lipinski definition) is 5. The fraction of sp³-hybridized carbons (Fsp3) is 0.375. The zero-order valence-electron chi connectivity index (χ0n) is 7.52. The van der Waals surface area contributed by atoms with Crippen LogP contribution in [0, 0.1) is 5.41 Å². The highest BCUT2D eigenvalue weighted by atomic mass is 16.3. The molecule has 0 spiro atoms. The van der Waals surface area contributed by atoms with Gasteiger partial charge in [0.1, 0.15) is 11.5 Å². The van der Waals surface area contributed by atoms with Crippen LogP contribution in [0.1, 0.15) is 5.69 Å². The van der Waals surface area contributed by atoms with Crippen molar-refractivity contribution in [1.29, 1.82) is 5.41 Å². The first kappa shape index (κ1) is 9.60. The van der Waals surface area contributed by atoms with E-state index in [0.29, 0.717) is 12.2 Å². The first-order chi connectivity index (χ1) is 6.29. The van der Waals surface area contributed by atoms with E-state index in [2.05, 4.69) is 15.6 Å². The number of aliphatic hydroxyl groups is 1. The standard InChI is InChI=1S/C8H14N4O/c1-10-6-2-3-11-7(6)8(9)12-4-5-13/h2-3,10-11,13H,4-5H2,1H3,(H2,9,12). The van der Waals surface area contributed by atoms with Crippen LogP contribution in [0.25, 0.3) is 0 Å². The summed E-state index contributed by atoms with van der Waals surface area (Å²) in [6, 6.07) is 1.85. The molecular formula is C8H14N4O. The van der Waals surface area contributed by atoms with Crippen molar-refractivity contribution in [1.82, 2.24) is 10.3 Å². The van der Waals surface area contributed by atoms with Crippen LogP contribution in [0.2, 0.25) is 0 Å². The monoisotopic (exact) mass is 182 g/mol. The molecule has 0 aliphatic heterocycles. The van der Waals surface area contributed by atoms with Crippen LogP contribution in [0.3, 0.4) is 0 Å². The summed E-state index contributed by atoms with van der Waals surface area (Å²) in [5, 5.41) is 21.9. The van der Waals surface area contributed by atoms with Crippen LogP contribution in [0.15, 0.2) is 12.3 Å². The maximum atomic E-state index is 8.55. The van der Waals surface area contributed by atoms with Gasteiger partial charge in [0.05, 0.1) is 12.3 Å². The van der Waals surface area contributed by atoms with Crippen molar-refractivity contribution in [3.8, 4) is 0 Å². The van der Waals surface area contributed by atoms with E-state index in [1.165, 1.54) is 0 Å². The Balaban J connectivity index is 2.65. The Hall–Kier alpha value is -1.49. The van der Waals surface area contributed by atoms with Gasteiger partial charge in [-0.05, 0) is 6.07 Å². The van der Waals surface area contributed by atoms with Gasteiger partial charge >= 0.3 is 0 Å². The van der Waals surface area contributed by atoms with Crippen molar-refractivity contribution in [2.75, 3.05) is 25.5 Å². The van der Waals surface area contributed by atoms with Gasteiger partial charge in [0, 0.05) is 19.8 Å². The highest BCUT2D eigenvalue weighted by Gasteiger charge is 2.06. The van der Waals surface area contributed by atoms with Gasteiger partial charge in [0.2, 0.25) is 0 Å². The third kappa shape index (κ3) is 2.22. The number of H-pyrrole nitrogens is 1. The zero-order valence-corrected chi connectivity index (χ0v) is 7.52. The van der Waals surface area contributed by atoms with Crippen LogP contribution in [0.4, 0.5) is 5.69 Å². The van der Waals surface area contributed by atoms with Gasteiger partial charge in [-0.25, -0.2) is 0 Å². The van der Waals surface area contributed by atoms with E-state index in [-0.39, 0.29) is 12.4 Å². The van der Waals surface area contributed by atoms with Gasteiger partial charge in [-0.15, -0.1) is 0 Å². The quantitative estimate of drug-likeness (QED) is 0.335. The van der Waals surface area contributed by atoms with E-state index < -0.39 is 0 Å². The fourth-order valence-corrected chi connectivity index (χ4v) is 1.05. The second-order valence-electron chi connectivity index (χ2n) is 2.54. The molecule has 1 rings (SSSR count). The number of rotatable bonds is 4. The summed E-state index contributed by atoms with van der Waals surface area (Å²) in [4.78, 5) is 2.93. The number of aromatic amines is 1. The van der Waals surface area contributed by atoms with E-state index in [1.54, 1.807) is 13.2 Å². The van der Waals surface area contributed by atoms with Crippen LogP contribution in [-0.2, 0) is 0 Å². The molecule has 5 heteroatoms. The molecule has 1 aromatic heterocycles. The first-order valence-electron chi connectivity index (χ1n) is 4.08. The Morgan fingerprint density at radius 1 is 1.69 bits per heavy atom. The molecule has 0 fully saturated rings. The molecule has 0 aliphatic carbocycles. The Morgan fingerprint density at radius 3 is 3.08 bits per heavy atom. The molecule has 0 aromatic carbocycles. The maximum Gasteiger partial charge on any atom is 0.144 e. The molecule has 1 aromatic rings. The molecule has 1 heterocycles. The van der Waals surface area contributed by atoms with Crippen LogP contribution < -0.4 is 10.6 Å². The minimum Gasteiger partial charge on any atom is -0.395 e. The minimum atomic E-state index is 0.0258. The molecule has 0 amide bonds. The van der Waals surface area contributed by atoms with Gasteiger partial charge in [0.15, 0.2) is 0 Å². The largest absolute Gasteiger partial charge is 0.395 e. The molecule has 0 saturated heterocycles. The second kappa shape index (κ2) is 4.51. The number of hydrogen-bond acceptors (Lipinski definition) is 3. The number of aliphatic hydroxyl groups excluding tert-OH is 1. The maximum absolute atomic E-state index is 8.55. The van der Waals surface area contributed by atoms with Crippen molar-refractivity contribution in [3.05, 3.63) is 18.0 Å². The molecule has 5 N–H and O–H groups in total. The van der Waals surface area contributed by atoms with Gasteiger partial charge in [-0.1, -0.05) is 0 Å². The Kier molecular flexibility index (Phi) is 3.33. The molecule has 5 nitrogen and oxygen atoms in total. The predicted octanol–water partition coefficient (Wildman–Crippen LogP) is -0.0363. The predicted molar refractivity (Wildman–Crippen MR) is 52.3 cm³/mol. The van der Waals surface area contributed by atoms with Gasteiger partial charge in [0.25, 0.3) is 0 Å². The highest BCUT2D eigenvalue weighted by Crippen LogP contribution is 2.11. The number of amidine groups is 1. The Morgan fingerprint density at radius 2 is 2.46 bits per heavy atom. The number of aromatic nitrogens is 1. The SMILES string of the molecule is CNc1cc[nH]c1C(=N)NCCO. The van der Waals surface area contributed by atoms with Crippen LogP contribution in [-0.4, -0.2) is 36.1 Å². The van der Waals surface area contributed by atoms with Crippen molar-refractivity contribution in [3.63, 3.8) is 0 Å². The number of anilines is 1. The summed E-state index contributed by atoms with van der Waals surface area (Å²) < 4.78 is 0. The van der Waals surface area contributed by atoms with E-state index in [0.717, 1.165) is 5.69 Å².